The van der Waals surface area contributed by atoms with Gasteiger partial charge >= 0.3 is 16.2 Å². The second-order valence-electron chi connectivity index (χ2n) is 6.33. The minimum atomic E-state index is -4.14. The fourth-order valence-electron chi connectivity index (χ4n) is 2.19. The number of carbonyl (C=O) groups excluding carboxylic acids is 1. The highest BCUT2D eigenvalue weighted by molar-refractivity contribution is 7.87. The lowest BCUT2D eigenvalue weighted by molar-refractivity contribution is 0.0685. The number of ether oxygens (including phenoxy) is 1. The van der Waals surface area contributed by atoms with Crippen LogP contribution in [-0.2, 0) is 10.2 Å². The molecule has 0 aliphatic heterocycles. The number of aromatic carboxylic acids is 1. The number of nitrogens with zero attached hydrogens (tertiary/aromatic N) is 1. The second-order valence-corrected chi connectivity index (χ2v) is 8.06. The van der Waals surface area contributed by atoms with Gasteiger partial charge in [-0.05, 0) is 45.2 Å². The first-order valence-electron chi connectivity index (χ1n) is 8.07. The van der Waals surface area contributed by atoms with Crippen LogP contribution in [0.3, 0.4) is 0 Å². The summed E-state index contributed by atoms with van der Waals surface area (Å²) in [4.78, 5) is 23.5. The molecule has 0 saturated heterocycles. The van der Waals surface area contributed by atoms with Crippen molar-refractivity contribution >= 4 is 22.1 Å². The minimum absolute atomic E-state index is 0.338. The third kappa shape index (κ3) is 4.13. The van der Waals surface area contributed by atoms with Crippen LogP contribution >= 0.6 is 0 Å². The summed E-state index contributed by atoms with van der Waals surface area (Å²) >= 11 is 0. The molecule has 26 heavy (non-hydrogen) atoms. The topological polar surface area (TPSA) is 113 Å². The average Bonchev–Trinajstić information content (AvgIpc) is 2.49. The molecule has 144 valence electrons. The van der Waals surface area contributed by atoms with E-state index >= 15 is 0 Å². The Kier molecular flexibility index (Phi) is 5.87. The van der Waals surface area contributed by atoms with E-state index in [1.165, 1.54) is 7.05 Å². The number of carbonyl (C=O) groups is 2. The van der Waals surface area contributed by atoms with Gasteiger partial charge in [-0.2, -0.15) is 12.7 Å². The van der Waals surface area contributed by atoms with Gasteiger partial charge in [0.25, 0.3) is 5.91 Å². The van der Waals surface area contributed by atoms with E-state index in [-0.39, 0.29) is 11.7 Å². The Morgan fingerprint density at radius 2 is 1.88 bits per heavy atom. The van der Waals surface area contributed by atoms with Crippen LogP contribution in [0.5, 0.6) is 5.75 Å². The summed E-state index contributed by atoms with van der Waals surface area (Å²) in [5.74, 6) is -4.36. The molecule has 1 aliphatic rings. The predicted molar refractivity (Wildman–Crippen MR) is 90.9 cm³/mol. The van der Waals surface area contributed by atoms with Gasteiger partial charge in [0.1, 0.15) is 0 Å². The van der Waals surface area contributed by atoms with Gasteiger partial charge in [0.15, 0.2) is 11.6 Å². The number of hydrogen-bond acceptors (Lipinski definition) is 5. The van der Waals surface area contributed by atoms with Crippen LogP contribution in [0.2, 0.25) is 0 Å². The zero-order chi connectivity index (χ0) is 19.6. The Balaban J connectivity index is 2.39. The van der Waals surface area contributed by atoms with Crippen molar-refractivity contribution < 1.29 is 32.2 Å². The minimum Gasteiger partial charge on any atom is -0.486 e. The fraction of sp³-hybridized carbons (Fsp3) is 0.500. The molecule has 1 fully saturated rings. The van der Waals surface area contributed by atoms with Gasteiger partial charge < -0.3 is 9.84 Å². The Morgan fingerprint density at radius 3 is 2.35 bits per heavy atom. The maximum absolute atomic E-state index is 14.5. The molecular weight excluding hydrogens is 367 g/mol. The van der Waals surface area contributed by atoms with E-state index in [1.54, 1.807) is 13.8 Å². The highest BCUT2D eigenvalue weighted by Crippen LogP contribution is 2.32. The highest BCUT2D eigenvalue weighted by atomic mass is 32.2. The van der Waals surface area contributed by atoms with Crippen molar-refractivity contribution in [3.05, 3.63) is 29.1 Å². The van der Waals surface area contributed by atoms with E-state index in [2.05, 4.69) is 0 Å². The maximum atomic E-state index is 14.5. The predicted octanol–water partition coefficient (Wildman–Crippen LogP) is 1.77. The number of rotatable bonds is 7. The third-order valence-corrected chi connectivity index (χ3v) is 5.86. The number of benzene rings is 1. The number of hydrogen-bond donors (Lipinski definition) is 2. The van der Waals surface area contributed by atoms with Gasteiger partial charge in [-0.25, -0.2) is 13.9 Å². The number of halogens is 1. The molecule has 0 aromatic heterocycles. The largest absolute Gasteiger partial charge is 0.486 e. The highest BCUT2D eigenvalue weighted by Gasteiger charge is 2.30. The van der Waals surface area contributed by atoms with Gasteiger partial charge in [0, 0.05) is 13.1 Å². The zero-order valence-electron chi connectivity index (χ0n) is 14.7. The van der Waals surface area contributed by atoms with E-state index in [1.807, 2.05) is 4.72 Å². The van der Waals surface area contributed by atoms with Crippen LogP contribution in [0.4, 0.5) is 4.39 Å². The smallest absolute Gasteiger partial charge is 0.338 e. The lowest BCUT2D eigenvalue weighted by atomic mass is 9.96. The number of amides is 1. The molecule has 0 heterocycles. The fourth-order valence-corrected chi connectivity index (χ4v) is 3.24. The molecule has 0 unspecified atom stereocenters. The average molecular weight is 388 g/mol. The molecule has 10 heteroatoms. The SMILES string of the molecule is CC(C)N(C)S(=O)(=O)NC(=O)c1ccc(C(=O)O)c(F)c1OC1CCC1. The summed E-state index contributed by atoms with van der Waals surface area (Å²) in [5.41, 5.74) is -1.03. The van der Waals surface area contributed by atoms with Crippen LogP contribution in [0, 0.1) is 5.82 Å². The van der Waals surface area contributed by atoms with Crippen LogP contribution in [-0.4, -0.2) is 48.9 Å². The molecule has 0 radical (unpaired) electrons. The van der Waals surface area contributed by atoms with Crippen molar-refractivity contribution in [1.29, 1.82) is 0 Å². The van der Waals surface area contributed by atoms with Gasteiger partial charge in [0.05, 0.1) is 17.2 Å². The maximum Gasteiger partial charge on any atom is 0.338 e. The van der Waals surface area contributed by atoms with Crippen molar-refractivity contribution in [1.82, 2.24) is 9.03 Å². The number of nitrogens with one attached hydrogen (secondary N) is 1. The van der Waals surface area contributed by atoms with Gasteiger partial charge in [-0.1, -0.05) is 0 Å². The molecule has 2 N–H and O–H groups in total. The van der Waals surface area contributed by atoms with E-state index < -0.39 is 45.3 Å². The molecule has 0 spiro atoms. The Morgan fingerprint density at radius 1 is 1.31 bits per heavy atom. The van der Waals surface area contributed by atoms with Crippen LogP contribution < -0.4 is 9.46 Å². The van der Waals surface area contributed by atoms with Crippen LogP contribution in [0.15, 0.2) is 12.1 Å². The van der Waals surface area contributed by atoms with Gasteiger partial charge in [-0.15, -0.1) is 0 Å². The second kappa shape index (κ2) is 7.58. The summed E-state index contributed by atoms with van der Waals surface area (Å²) < 4.78 is 47.1. The van der Waals surface area contributed by atoms with E-state index in [0.717, 1.165) is 22.9 Å². The molecule has 1 aliphatic carbocycles. The first-order chi connectivity index (χ1) is 12.0. The molecule has 2 rings (SSSR count). The zero-order valence-corrected chi connectivity index (χ0v) is 15.5. The van der Waals surface area contributed by atoms with E-state index in [0.29, 0.717) is 12.8 Å². The number of carboxylic acids is 1. The monoisotopic (exact) mass is 388 g/mol. The normalized spacial score (nSPS) is 15.0. The summed E-state index contributed by atoms with van der Waals surface area (Å²) in [5, 5.41) is 9.05. The van der Waals surface area contributed by atoms with Crippen molar-refractivity contribution in [3.8, 4) is 5.75 Å². The molecule has 8 nitrogen and oxygen atoms in total. The van der Waals surface area contributed by atoms with Crippen LogP contribution in [0.1, 0.15) is 53.8 Å². The summed E-state index contributed by atoms with van der Waals surface area (Å²) in [7, 11) is -2.85. The first-order valence-corrected chi connectivity index (χ1v) is 9.51. The molecule has 0 bridgehead atoms. The van der Waals surface area contributed by atoms with Gasteiger partial charge in [-0.3, -0.25) is 4.79 Å². The van der Waals surface area contributed by atoms with E-state index in [9.17, 15) is 22.4 Å². The summed E-state index contributed by atoms with van der Waals surface area (Å²) in [6.45, 7) is 3.24. The van der Waals surface area contributed by atoms with Crippen molar-refractivity contribution in [2.75, 3.05) is 7.05 Å². The van der Waals surface area contributed by atoms with Gasteiger partial charge in [0.2, 0.25) is 0 Å². The number of carboxylic acid groups (broad SMARTS) is 1. The lowest BCUT2D eigenvalue weighted by Gasteiger charge is -2.28. The summed E-state index contributed by atoms with van der Waals surface area (Å²) in [6.07, 6.45) is 1.83. The lowest BCUT2D eigenvalue weighted by Crippen LogP contribution is -2.44. The van der Waals surface area contributed by atoms with Crippen molar-refractivity contribution in [2.24, 2.45) is 0 Å². The molecular formula is C16H21FN2O6S. The van der Waals surface area contributed by atoms with Crippen molar-refractivity contribution in [2.45, 2.75) is 45.3 Å². The molecule has 1 saturated carbocycles. The third-order valence-electron chi connectivity index (χ3n) is 4.24. The Labute approximate surface area is 151 Å². The van der Waals surface area contributed by atoms with E-state index in [4.69, 9.17) is 9.84 Å². The summed E-state index contributed by atoms with van der Waals surface area (Å²) in [6, 6.07) is 1.54. The standard InChI is InChI=1S/C16H21FN2O6S/c1-9(2)19(3)26(23,24)18-15(20)12-8-7-11(16(21)22)13(17)14(12)25-10-5-4-6-10/h7-10H,4-6H2,1-3H3,(H,18,20)(H,21,22). The first kappa shape index (κ1) is 20.1. The Hall–Kier alpha value is -2.20. The molecule has 1 amide bonds. The molecule has 1 aromatic rings. The Bertz CT molecular complexity index is 820. The van der Waals surface area contributed by atoms with Crippen molar-refractivity contribution in [3.63, 3.8) is 0 Å². The molecule has 1 aromatic carbocycles. The van der Waals surface area contributed by atoms with Crippen LogP contribution in [0.25, 0.3) is 0 Å². The molecule has 0 atom stereocenters. The quantitative estimate of drug-likeness (QED) is 0.736.